The molecule has 0 saturated carbocycles. The maximum Gasteiger partial charge on any atom is 0.194 e. The monoisotopic (exact) mass is 414 g/mol. The second-order valence-electron chi connectivity index (χ2n) is 7.12. The van der Waals surface area contributed by atoms with E-state index in [0.717, 1.165) is 45.2 Å². The number of nitrogens with one attached hydrogen (secondary N) is 1. The van der Waals surface area contributed by atoms with Gasteiger partial charge in [-0.3, -0.25) is 9.89 Å². The van der Waals surface area contributed by atoms with Gasteiger partial charge in [-0.25, -0.2) is 8.42 Å². The van der Waals surface area contributed by atoms with Crippen LogP contribution in [0.2, 0.25) is 0 Å². The number of hydrogen-bond donors (Lipinski definition) is 1. The summed E-state index contributed by atoms with van der Waals surface area (Å²) in [7, 11) is -3.31. The first-order chi connectivity index (χ1) is 14.1. The summed E-state index contributed by atoms with van der Waals surface area (Å²) in [6.07, 6.45) is 0. The molecule has 0 radical (unpaired) electrons. The van der Waals surface area contributed by atoms with Gasteiger partial charge in [0.25, 0.3) is 0 Å². The molecular formula is C22H30N4O2S. The van der Waals surface area contributed by atoms with E-state index in [9.17, 15) is 8.42 Å². The minimum Gasteiger partial charge on any atom is -0.357 e. The van der Waals surface area contributed by atoms with E-state index in [4.69, 9.17) is 0 Å². The molecule has 0 spiro atoms. The first-order valence-corrected chi connectivity index (χ1v) is 11.8. The molecule has 0 aliphatic carbocycles. The molecule has 156 valence electrons. The summed E-state index contributed by atoms with van der Waals surface area (Å²) < 4.78 is 24.9. The molecule has 2 aromatic carbocycles. The molecule has 0 unspecified atom stereocenters. The molecule has 1 heterocycles. The number of benzene rings is 2. The fourth-order valence-electron chi connectivity index (χ4n) is 3.40. The average Bonchev–Trinajstić information content (AvgIpc) is 2.75. The van der Waals surface area contributed by atoms with Crippen LogP contribution in [0, 0.1) is 0 Å². The van der Waals surface area contributed by atoms with Crippen molar-refractivity contribution < 1.29 is 8.42 Å². The highest BCUT2D eigenvalue weighted by Crippen LogP contribution is 2.11. The zero-order valence-electron chi connectivity index (χ0n) is 17.0. The zero-order chi connectivity index (χ0) is 20.5. The molecule has 7 heteroatoms. The van der Waals surface area contributed by atoms with Crippen molar-refractivity contribution >= 4 is 15.8 Å². The molecule has 1 aliphatic heterocycles. The Morgan fingerprint density at radius 2 is 1.59 bits per heavy atom. The Morgan fingerprint density at radius 3 is 2.21 bits per heavy atom. The maximum atomic E-state index is 12.5. The fraction of sp³-hybridized carbons (Fsp3) is 0.409. The van der Waals surface area contributed by atoms with Crippen LogP contribution in [0.25, 0.3) is 0 Å². The Labute approximate surface area is 174 Å². The van der Waals surface area contributed by atoms with Crippen LogP contribution in [-0.4, -0.2) is 69.2 Å². The van der Waals surface area contributed by atoms with Crippen LogP contribution >= 0.6 is 0 Å². The highest BCUT2D eigenvalue weighted by Gasteiger charge is 2.20. The number of nitrogens with zero attached hydrogens (tertiary/aromatic N) is 3. The van der Waals surface area contributed by atoms with Crippen LogP contribution in [0.4, 0.5) is 0 Å². The Kier molecular flexibility index (Phi) is 7.66. The first kappa shape index (κ1) is 21.3. The molecular weight excluding hydrogens is 384 g/mol. The van der Waals surface area contributed by atoms with E-state index in [2.05, 4.69) is 44.4 Å². The zero-order valence-corrected chi connectivity index (χ0v) is 17.8. The van der Waals surface area contributed by atoms with Gasteiger partial charge in [-0.15, -0.1) is 0 Å². The maximum absolute atomic E-state index is 12.5. The second kappa shape index (κ2) is 10.4. The molecule has 1 aliphatic rings. The van der Waals surface area contributed by atoms with Crippen LogP contribution in [-0.2, 0) is 16.4 Å². The molecule has 0 amide bonds. The van der Waals surface area contributed by atoms with Crippen molar-refractivity contribution in [1.29, 1.82) is 0 Å². The Morgan fingerprint density at radius 1 is 0.966 bits per heavy atom. The summed E-state index contributed by atoms with van der Waals surface area (Å²) >= 11 is 0. The van der Waals surface area contributed by atoms with Crippen LogP contribution in [0.15, 0.2) is 70.6 Å². The molecule has 1 N–H and O–H groups in total. The standard InChI is InChI=1S/C22H30N4O2S/c1-2-23-22(24-13-18-29(27,28)21-11-7-4-8-12-21)26-16-14-25(15-17-26)19-20-9-5-3-6-10-20/h3-12H,2,13-19H2,1H3,(H,23,24). The third-order valence-electron chi connectivity index (χ3n) is 4.98. The van der Waals surface area contributed by atoms with Crippen LogP contribution in [0.3, 0.4) is 0 Å². The highest BCUT2D eigenvalue weighted by atomic mass is 32.2. The van der Waals surface area contributed by atoms with Crippen molar-refractivity contribution in [3.8, 4) is 0 Å². The van der Waals surface area contributed by atoms with E-state index >= 15 is 0 Å². The van der Waals surface area contributed by atoms with Gasteiger partial charge in [-0.2, -0.15) is 0 Å². The summed E-state index contributed by atoms with van der Waals surface area (Å²) in [4.78, 5) is 9.61. The molecule has 6 nitrogen and oxygen atoms in total. The smallest absolute Gasteiger partial charge is 0.194 e. The van der Waals surface area contributed by atoms with E-state index in [1.54, 1.807) is 24.3 Å². The lowest BCUT2D eigenvalue weighted by atomic mass is 10.2. The van der Waals surface area contributed by atoms with E-state index < -0.39 is 9.84 Å². The molecule has 0 bridgehead atoms. The summed E-state index contributed by atoms with van der Waals surface area (Å²) in [6.45, 7) is 7.68. The SMILES string of the molecule is CCNC(=NCCS(=O)(=O)c1ccccc1)N1CCN(Cc2ccccc2)CC1. The first-order valence-electron chi connectivity index (χ1n) is 10.2. The number of rotatable bonds is 7. The minimum absolute atomic E-state index is 0.0138. The number of piperazine rings is 1. The van der Waals surface area contributed by atoms with Crippen molar-refractivity contribution in [3.05, 3.63) is 66.2 Å². The number of sulfone groups is 1. The lowest BCUT2D eigenvalue weighted by molar-refractivity contribution is 0.172. The fourth-order valence-corrected chi connectivity index (χ4v) is 4.54. The normalized spacial score (nSPS) is 16.0. The van der Waals surface area contributed by atoms with Gasteiger partial charge in [-0.1, -0.05) is 48.5 Å². The van der Waals surface area contributed by atoms with Crippen molar-refractivity contribution in [2.45, 2.75) is 18.4 Å². The average molecular weight is 415 g/mol. The van der Waals surface area contributed by atoms with Crippen LogP contribution in [0.5, 0.6) is 0 Å². The van der Waals surface area contributed by atoms with E-state index in [0.29, 0.717) is 4.90 Å². The van der Waals surface area contributed by atoms with E-state index in [1.807, 2.05) is 19.1 Å². The predicted octanol–water partition coefficient (Wildman–Crippen LogP) is 2.24. The number of guanidine groups is 1. The molecule has 2 aromatic rings. The third kappa shape index (κ3) is 6.30. The Bertz CT molecular complexity index is 878. The van der Waals surface area contributed by atoms with E-state index in [-0.39, 0.29) is 12.3 Å². The number of aliphatic imine (C=N–C) groups is 1. The van der Waals surface area contributed by atoms with Crippen LogP contribution in [0.1, 0.15) is 12.5 Å². The van der Waals surface area contributed by atoms with Crippen molar-refractivity contribution in [2.24, 2.45) is 4.99 Å². The van der Waals surface area contributed by atoms with E-state index in [1.165, 1.54) is 5.56 Å². The minimum atomic E-state index is -3.31. The van der Waals surface area contributed by atoms with Gasteiger partial charge in [0, 0.05) is 39.3 Å². The molecule has 0 atom stereocenters. The van der Waals surface area contributed by atoms with Gasteiger partial charge < -0.3 is 10.2 Å². The van der Waals surface area contributed by atoms with Crippen molar-refractivity contribution in [1.82, 2.24) is 15.1 Å². The lowest BCUT2D eigenvalue weighted by Crippen LogP contribution is -2.52. The molecule has 3 rings (SSSR count). The van der Waals surface area contributed by atoms with Gasteiger partial charge in [0.15, 0.2) is 15.8 Å². The summed E-state index contributed by atoms with van der Waals surface area (Å²) in [5, 5.41) is 3.31. The second-order valence-corrected chi connectivity index (χ2v) is 9.23. The summed E-state index contributed by atoms with van der Waals surface area (Å²) in [5.41, 5.74) is 1.33. The molecule has 29 heavy (non-hydrogen) atoms. The summed E-state index contributed by atoms with van der Waals surface area (Å²) in [6, 6.07) is 19.1. The van der Waals surface area contributed by atoms with Gasteiger partial charge in [0.05, 0.1) is 17.2 Å². The molecule has 0 aromatic heterocycles. The van der Waals surface area contributed by atoms with Crippen molar-refractivity contribution in [3.63, 3.8) is 0 Å². The predicted molar refractivity (Wildman–Crippen MR) is 118 cm³/mol. The van der Waals surface area contributed by atoms with Crippen molar-refractivity contribution in [2.75, 3.05) is 45.0 Å². The Hall–Kier alpha value is -2.38. The van der Waals surface area contributed by atoms with Gasteiger partial charge in [0.1, 0.15) is 0 Å². The largest absolute Gasteiger partial charge is 0.357 e. The lowest BCUT2D eigenvalue weighted by Gasteiger charge is -2.36. The van der Waals surface area contributed by atoms with Gasteiger partial charge in [0.2, 0.25) is 0 Å². The molecule has 1 saturated heterocycles. The van der Waals surface area contributed by atoms with Gasteiger partial charge >= 0.3 is 0 Å². The highest BCUT2D eigenvalue weighted by molar-refractivity contribution is 7.91. The quantitative estimate of drug-likeness (QED) is 0.556. The topological polar surface area (TPSA) is 65.0 Å². The van der Waals surface area contributed by atoms with Gasteiger partial charge in [-0.05, 0) is 24.6 Å². The number of hydrogen-bond acceptors (Lipinski definition) is 4. The summed E-state index contributed by atoms with van der Waals surface area (Å²) in [5.74, 6) is 0.815. The third-order valence-corrected chi connectivity index (χ3v) is 6.69. The molecule has 1 fully saturated rings. The van der Waals surface area contributed by atoms with Crippen LogP contribution < -0.4 is 5.32 Å². The Balaban J connectivity index is 1.54.